The van der Waals surface area contributed by atoms with Crippen LogP contribution < -0.4 is 5.32 Å². The second kappa shape index (κ2) is 6.79. The molecule has 1 aliphatic heterocycles. The van der Waals surface area contributed by atoms with Crippen LogP contribution in [-0.4, -0.2) is 48.1 Å². The summed E-state index contributed by atoms with van der Waals surface area (Å²) in [6, 6.07) is 7.28. The molecule has 0 unspecified atom stereocenters. The summed E-state index contributed by atoms with van der Waals surface area (Å²) in [5.74, 6) is 0. The quantitative estimate of drug-likeness (QED) is 0.914. The van der Waals surface area contributed by atoms with Crippen LogP contribution >= 0.6 is 11.6 Å². The summed E-state index contributed by atoms with van der Waals surface area (Å²) >= 11 is 5.88. The minimum absolute atomic E-state index is 0.135. The number of amides is 2. The van der Waals surface area contributed by atoms with E-state index in [0.717, 1.165) is 13.1 Å². The zero-order valence-electron chi connectivity index (χ0n) is 12.3. The van der Waals surface area contributed by atoms with Gasteiger partial charge in [-0.1, -0.05) is 11.6 Å². The fourth-order valence-corrected chi connectivity index (χ4v) is 2.49. The number of carbonyl (C=O) groups is 1. The Morgan fingerprint density at radius 1 is 1.33 bits per heavy atom. The predicted octanol–water partition coefficient (Wildman–Crippen LogP) is 2.77. The number of nitriles is 1. The molecule has 0 bridgehead atoms. The Kier molecular flexibility index (Phi) is 5.05. The summed E-state index contributed by atoms with van der Waals surface area (Å²) in [6.07, 6.45) is 0. The topological polar surface area (TPSA) is 59.4 Å². The lowest BCUT2D eigenvalue weighted by Gasteiger charge is -2.36. The van der Waals surface area contributed by atoms with E-state index in [9.17, 15) is 4.79 Å². The van der Waals surface area contributed by atoms with Crippen LogP contribution in [0, 0.1) is 11.3 Å². The highest BCUT2D eigenvalue weighted by Crippen LogP contribution is 2.20. The second-order valence-electron chi connectivity index (χ2n) is 5.35. The molecule has 2 rings (SSSR count). The van der Waals surface area contributed by atoms with Crippen molar-refractivity contribution in [2.45, 2.75) is 19.9 Å². The van der Waals surface area contributed by atoms with Crippen LogP contribution in [-0.2, 0) is 0 Å². The summed E-state index contributed by atoms with van der Waals surface area (Å²) in [6.45, 7) is 7.51. The molecule has 0 radical (unpaired) electrons. The average molecular weight is 307 g/mol. The van der Waals surface area contributed by atoms with Crippen LogP contribution in [0.5, 0.6) is 0 Å². The van der Waals surface area contributed by atoms with E-state index in [-0.39, 0.29) is 6.03 Å². The Bertz CT molecular complexity index is 559. The molecule has 1 aromatic carbocycles. The molecule has 5 nitrogen and oxygen atoms in total. The Morgan fingerprint density at radius 2 is 2.00 bits per heavy atom. The molecule has 112 valence electrons. The molecule has 0 saturated carbocycles. The van der Waals surface area contributed by atoms with Gasteiger partial charge in [0.15, 0.2) is 0 Å². The molecule has 0 aliphatic carbocycles. The Hall–Kier alpha value is -1.77. The summed E-state index contributed by atoms with van der Waals surface area (Å²) < 4.78 is 0. The molecule has 1 N–H and O–H groups in total. The first-order chi connectivity index (χ1) is 10.0. The molecule has 2 amide bonds. The van der Waals surface area contributed by atoms with E-state index >= 15 is 0 Å². The number of hydrogen-bond acceptors (Lipinski definition) is 3. The number of rotatable bonds is 2. The van der Waals surface area contributed by atoms with Gasteiger partial charge in [0, 0.05) is 37.9 Å². The fourth-order valence-electron chi connectivity index (χ4n) is 2.33. The standard InChI is InChI=1S/C15H19ClN4O/c1-11(2)19-5-7-20(8-6-19)15(21)18-13-3-4-14(16)12(9-13)10-17/h3-4,9,11H,5-8H2,1-2H3,(H,18,21). The first-order valence-corrected chi connectivity index (χ1v) is 7.38. The predicted molar refractivity (Wildman–Crippen MR) is 83.5 cm³/mol. The van der Waals surface area contributed by atoms with Crippen molar-refractivity contribution in [3.05, 3.63) is 28.8 Å². The normalized spacial score (nSPS) is 15.9. The second-order valence-corrected chi connectivity index (χ2v) is 5.76. The minimum Gasteiger partial charge on any atom is -0.322 e. The van der Waals surface area contributed by atoms with Gasteiger partial charge in [0.05, 0.1) is 10.6 Å². The van der Waals surface area contributed by atoms with Gasteiger partial charge in [0.2, 0.25) is 0 Å². The van der Waals surface area contributed by atoms with Crippen molar-refractivity contribution in [3.63, 3.8) is 0 Å². The summed E-state index contributed by atoms with van der Waals surface area (Å²) in [4.78, 5) is 16.3. The number of urea groups is 1. The molecule has 6 heteroatoms. The monoisotopic (exact) mass is 306 g/mol. The molecular weight excluding hydrogens is 288 g/mol. The van der Waals surface area contributed by atoms with Gasteiger partial charge in [0.1, 0.15) is 6.07 Å². The maximum Gasteiger partial charge on any atom is 0.321 e. The van der Waals surface area contributed by atoms with Crippen molar-refractivity contribution in [2.24, 2.45) is 0 Å². The highest BCUT2D eigenvalue weighted by Gasteiger charge is 2.22. The minimum atomic E-state index is -0.135. The van der Waals surface area contributed by atoms with Crippen LogP contribution in [0.25, 0.3) is 0 Å². The van der Waals surface area contributed by atoms with Crippen molar-refractivity contribution in [1.82, 2.24) is 9.80 Å². The van der Waals surface area contributed by atoms with Crippen LogP contribution in [0.1, 0.15) is 19.4 Å². The molecule has 1 aliphatic rings. The zero-order valence-corrected chi connectivity index (χ0v) is 13.0. The molecule has 21 heavy (non-hydrogen) atoms. The van der Waals surface area contributed by atoms with Gasteiger partial charge in [0.25, 0.3) is 0 Å². The van der Waals surface area contributed by atoms with E-state index in [4.69, 9.17) is 16.9 Å². The molecule has 1 heterocycles. The molecule has 1 fully saturated rings. The Balaban J connectivity index is 1.95. The van der Waals surface area contributed by atoms with E-state index in [0.29, 0.717) is 35.4 Å². The van der Waals surface area contributed by atoms with Crippen molar-refractivity contribution in [1.29, 1.82) is 5.26 Å². The average Bonchev–Trinajstić information content (AvgIpc) is 2.49. The van der Waals surface area contributed by atoms with Crippen molar-refractivity contribution >= 4 is 23.3 Å². The molecule has 1 aromatic rings. The smallest absolute Gasteiger partial charge is 0.321 e. The van der Waals surface area contributed by atoms with Crippen LogP contribution in [0.4, 0.5) is 10.5 Å². The number of nitrogens with zero attached hydrogens (tertiary/aromatic N) is 3. The largest absolute Gasteiger partial charge is 0.322 e. The fraction of sp³-hybridized carbons (Fsp3) is 0.467. The van der Waals surface area contributed by atoms with E-state index in [1.54, 1.807) is 23.1 Å². The first-order valence-electron chi connectivity index (χ1n) is 7.01. The van der Waals surface area contributed by atoms with E-state index in [2.05, 4.69) is 24.1 Å². The molecule has 0 spiro atoms. The summed E-state index contributed by atoms with van der Waals surface area (Å²) in [7, 11) is 0. The maximum atomic E-state index is 12.2. The third-order valence-corrected chi connectivity index (χ3v) is 4.00. The number of anilines is 1. The van der Waals surface area contributed by atoms with Gasteiger partial charge in [-0.25, -0.2) is 4.79 Å². The number of piperazine rings is 1. The first kappa shape index (κ1) is 15.6. The van der Waals surface area contributed by atoms with Gasteiger partial charge in [-0.3, -0.25) is 4.90 Å². The number of nitrogens with one attached hydrogen (secondary N) is 1. The van der Waals surface area contributed by atoms with Crippen molar-refractivity contribution in [3.8, 4) is 6.07 Å². The van der Waals surface area contributed by atoms with Gasteiger partial charge in [-0.2, -0.15) is 5.26 Å². The summed E-state index contributed by atoms with van der Waals surface area (Å²) in [5.41, 5.74) is 0.950. The zero-order chi connectivity index (χ0) is 15.4. The Morgan fingerprint density at radius 3 is 2.57 bits per heavy atom. The number of benzene rings is 1. The maximum absolute atomic E-state index is 12.2. The highest BCUT2D eigenvalue weighted by molar-refractivity contribution is 6.31. The van der Waals surface area contributed by atoms with Crippen LogP contribution in [0.15, 0.2) is 18.2 Å². The van der Waals surface area contributed by atoms with E-state index in [1.807, 2.05) is 6.07 Å². The van der Waals surface area contributed by atoms with Gasteiger partial charge in [-0.15, -0.1) is 0 Å². The number of halogens is 1. The third kappa shape index (κ3) is 3.87. The molecule has 1 saturated heterocycles. The molecule has 0 aromatic heterocycles. The Labute approximate surface area is 130 Å². The lowest BCUT2D eigenvalue weighted by atomic mass is 10.2. The lowest BCUT2D eigenvalue weighted by molar-refractivity contribution is 0.125. The molecule has 0 atom stereocenters. The van der Waals surface area contributed by atoms with E-state index in [1.165, 1.54) is 0 Å². The SMILES string of the molecule is CC(C)N1CCN(C(=O)Nc2ccc(Cl)c(C#N)c2)CC1. The number of hydrogen-bond donors (Lipinski definition) is 1. The molecular formula is C15H19ClN4O. The van der Waals surface area contributed by atoms with Crippen molar-refractivity contribution in [2.75, 3.05) is 31.5 Å². The van der Waals surface area contributed by atoms with Gasteiger partial charge in [-0.05, 0) is 32.0 Å². The van der Waals surface area contributed by atoms with Crippen LogP contribution in [0.2, 0.25) is 5.02 Å². The van der Waals surface area contributed by atoms with E-state index < -0.39 is 0 Å². The summed E-state index contributed by atoms with van der Waals surface area (Å²) in [5, 5.41) is 12.1. The van der Waals surface area contributed by atoms with Crippen LogP contribution in [0.3, 0.4) is 0 Å². The van der Waals surface area contributed by atoms with Gasteiger partial charge < -0.3 is 10.2 Å². The van der Waals surface area contributed by atoms with Gasteiger partial charge >= 0.3 is 6.03 Å². The van der Waals surface area contributed by atoms with Crippen molar-refractivity contribution < 1.29 is 4.79 Å². The lowest BCUT2D eigenvalue weighted by Crippen LogP contribution is -2.51. The third-order valence-electron chi connectivity index (χ3n) is 3.67. The number of carbonyl (C=O) groups excluding carboxylic acids is 1. The highest BCUT2D eigenvalue weighted by atomic mass is 35.5.